The van der Waals surface area contributed by atoms with E-state index in [1.54, 1.807) is 0 Å². The summed E-state index contributed by atoms with van der Waals surface area (Å²) >= 11 is 6.06. The van der Waals surface area contributed by atoms with Gasteiger partial charge in [-0.3, -0.25) is 0 Å². The quantitative estimate of drug-likeness (QED) is 0.550. The van der Waals surface area contributed by atoms with Crippen LogP contribution in [0.2, 0.25) is 0 Å². The van der Waals surface area contributed by atoms with Crippen molar-refractivity contribution in [2.45, 2.75) is 33.6 Å². The molecule has 70 valence electrons. The summed E-state index contributed by atoms with van der Waals surface area (Å²) < 4.78 is 0. The Kier molecular flexibility index (Phi) is 1.95. The van der Waals surface area contributed by atoms with Crippen molar-refractivity contribution >= 4 is 11.6 Å². The summed E-state index contributed by atoms with van der Waals surface area (Å²) in [5.41, 5.74) is 0.470. The van der Waals surface area contributed by atoms with Gasteiger partial charge in [0.1, 0.15) is 0 Å². The Balaban J connectivity index is 2.20. The van der Waals surface area contributed by atoms with Gasteiger partial charge < -0.3 is 0 Å². The Morgan fingerprint density at radius 3 is 2.42 bits per heavy atom. The fourth-order valence-corrected chi connectivity index (χ4v) is 3.95. The van der Waals surface area contributed by atoms with Crippen molar-refractivity contribution in [3.8, 4) is 0 Å². The van der Waals surface area contributed by atoms with Crippen LogP contribution in [0.3, 0.4) is 0 Å². The zero-order valence-corrected chi connectivity index (χ0v) is 9.06. The smallest absolute Gasteiger partial charge is 0.0280 e. The maximum Gasteiger partial charge on any atom is 0.0280 e. The van der Waals surface area contributed by atoms with Gasteiger partial charge in [-0.1, -0.05) is 20.8 Å². The minimum absolute atomic E-state index is 0.470. The first-order valence-corrected chi connectivity index (χ1v) is 5.68. The highest BCUT2D eigenvalue weighted by Gasteiger charge is 2.54. The lowest BCUT2D eigenvalue weighted by Gasteiger charge is -2.39. The zero-order chi connectivity index (χ0) is 8.93. The van der Waals surface area contributed by atoms with E-state index in [1.807, 2.05) is 0 Å². The van der Waals surface area contributed by atoms with Crippen molar-refractivity contribution in [3.63, 3.8) is 0 Å². The van der Waals surface area contributed by atoms with Gasteiger partial charge in [-0.15, -0.1) is 11.6 Å². The third-order valence-corrected chi connectivity index (χ3v) is 5.30. The van der Waals surface area contributed by atoms with Crippen LogP contribution in [0, 0.1) is 29.1 Å². The summed E-state index contributed by atoms with van der Waals surface area (Å²) in [6, 6.07) is 0. The summed E-state index contributed by atoms with van der Waals surface area (Å²) in [6.07, 6.45) is 2.83. The van der Waals surface area contributed by atoms with Gasteiger partial charge in [0.25, 0.3) is 0 Å². The molecular formula is C11H19Cl. The van der Waals surface area contributed by atoms with Crippen LogP contribution < -0.4 is 0 Å². The van der Waals surface area contributed by atoms with Crippen LogP contribution in [0.15, 0.2) is 0 Å². The molecule has 2 bridgehead atoms. The molecule has 0 aromatic carbocycles. The van der Waals surface area contributed by atoms with Gasteiger partial charge in [0.05, 0.1) is 0 Å². The molecular weight excluding hydrogens is 168 g/mol. The molecule has 0 N–H and O–H groups in total. The molecule has 2 rings (SSSR count). The standard InChI is InChI=1S/C11H19Cl/c1-7-8(2)10-4-9(7)5-11(10,3)6-12/h7-10H,4-6H2,1-3H3/t7?,8?,9-,10-,11-/m1/s1. The number of alkyl halides is 1. The van der Waals surface area contributed by atoms with Gasteiger partial charge in [-0.05, 0) is 41.9 Å². The van der Waals surface area contributed by atoms with Crippen molar-refractivity contribution in [1.29, 1.82) is 0 Å². The normalized spacial score (nSPS) is 58.0. The monoisotopic (exact) mass is 186 g/mol. The average Bonchev–Trinajstić information content (AvgIpc) is 2.52. The van der Waals surface area contributed by atoms with E-state index in [2.05, 4.69) is 20.8 Å². The van der Waals surface area contributed by atoms with E-state index in [9.17, 15) is 0 Å². The fraction of sp³-hybridized carbons (Fsp3) is 1.00. The predicted molar refractivity (Wildman–Crippen MR) is 53.4 cm³/mol. The Bertz CT molecular complexity index is 187. The molecule has 12 heavy (non-hydrogen) atoms. The second kappa shape index (κ2) is 2.64. The lowest BCUT2D eigenvalue weighted by Crippen LogP contribution is -2.34. The first-order chi connectivity index (χ1) is 5.58. The van der Waals surface area contributed by atoms with Gasteiger partial charge in [0.2, 0.25) is 0 Å². The maximum absolute atomic E-state index is 6.06. The number of halogens is 1. The zero-order valence-electron chi connectivity index (χ0n) is 8.31. The Labute approximate surface area is 80.7 Å². The number of rotatable bonds is 1. The Morgan fingerprint density at radius 2 is 2.00 bits per heavy atom. The van der Waals surface area contributed by atoms with Gasteiger partial charge in [-0.25, -0.2) is 0 Å². The molecule has 2 saturated carbocycles. The van der Waals surface area contributed by atoms with Crippen LogP contribution in [0.4, 0.5) is 0 Å². The van der Waals surface area contributed by atoms with Crippen molar-refractivity contribution in [1.82, 2.24) is 0 Å². The molecule has 2 unspecified atom stereocenters. The molecule has 0 radical (unpaired) electrons. The second-order valence-electron chi connectivity index (χ2n) is 5.31. The van der Waals surface area contributed by atoms with Crippen LogP contribution >= 0.6 is 11.6 Å². The van der Waals surface area contributed by atoms with Crippen molar-refractivity contribution in [2.75, 3.05) is 5.88 Å². The van der Waals surface area contributed by atoms with Crippen molar-refractivity contribution < 1.29 is 0 Å². The molecule has 2 aliphatic carbocycles. The molecule has 0 saturated heterocycles. The van der Waals surface area contributed by atoms with Crippen LogP contribution in [-0.2, 0) is 0 Å². The van der Waals surface area contributed by atoms with Gasteiger partial charge in [0, 0.05) is 5.88 Å². The van der Waals surface area contributed by atoms with Gasteiger partial charge in [-0.2, -0.15) is 0 Å². The summed E-state index contributed by atoms with van der Waals surface area (Å²) in [5.74, 6) is 4.62. The van der Waals surface area contributed by atoms with E-state index in [-0.39, 0.29) is 0 Å². The van der Waals surface area contributed by atoms with E-state index < -0.39 is 0 Å². The van der Waals surface area contributed by atoms with Crippen LogP contribution in [0.25, 0.3) is 0 Å². The summed E-state index contributed by atoms with van der Waals surface area (Å²) in [4.78, 5) is 0. The molecule has 0 aliphatic heterocycles. The predicted octanol–water partition coefficient (Wildman–Crippen LogP) is 3.54. The van der Waals surface area contributed by atoms with Crippen LogP contribution in [0.5, 0.6) is 0 Å². The lowest BCUT2D eigenvalue weighted by molar-refractivity contribution is 0.121. The molecule has 0 heterocycles. The van der Waals surface area contributed by atoms with E-state index in [0.29, 0.717) is 5.41 Å². The van der Waals surface area contributed by atoms with E-state index in [1.165, 1.54) is 12.8 Å². The first-order valence-electron chi connectivity index (χ1n) is 5.14. The fourth-order valence-electron chi connectivity index (χ4n) is 3.64. The number of hydrogen-bond donors (Lipinski definition) is 0. The SMILES string of the molecule is CC1C(C)[C@H]2C[C@@H]1C[C@]2(C)CCl. The highest BCUT2D eigenvalue weighted by Crippen LogP contribution is 2.61. The van der Waals surface area contributed by atoms with Crippen molar-refractivity contribution in [2.24, 2.45) is 29.1 Å². The summed E-state index contributed by atoms with van der Waals surface area (Å²) in [7, 11) is 0. The molecule has 0 aromatic heterocycles. The topological polar surface area (TPSA) is 0 Å². The van der Waals surface area contributed by atoms with Gasteiger partial charge >= 0.3 is 0 Å². The third kappa shape index (κ3) is 0.968. The average molecular weight is 187 g/mol. The second-order valence-corrected chi connectivity index (χ2v) is 5.58. The summed E-state index contributed by atoms with van der Waals surface area (Å²) in [6.45, 7) is 7.22. The molecule has 5 atom stereocenters. The number of hydrogen-bond acceptors (Lipinski definition) is 0. The van der Waals surface area contributed by atoms with E-state index in [0.717, 1.165) is 29.6 Å². The minimum atomic E-state index is 0.470. The van der Waals surface area contributed by atoms with Gasteiger partial charge in [0.15, 0.2) is 0 Å². The molecule has 0 aromatic rings. The van der Waals surface area contributed by atoms with E-state index in [4.69, 9.17) is 11.6 Å². The highest BCUT2D eigenvalue weighted by molar-refractivity contribution is 6.18. The lowest BCUT2D eigenvalue weighted by atomic mass is 9.68. The van der Waals surface area contributed by atoms with E-state index >= 15 is 0 Å². The molecule has 2 fully saturated rings. The summed E-state index contributed by atoms with van der Waals surface area (Å²) in [5, 5.41) is 0. The molecule has 0 amide bonds. The highest BCUT2D eigenvalue weighted by atomic mass is 35.5. The third-order valence-electron chi connectivity index (χ3n) is 4.69. The van der Waals surface area contributed by atoms with Crippen LogP contribution in [-0.4, -0.2) is 5.88 Å². The largest absolute Gasteiger partial charge is 0.126 e. The maximum atomic E-state index is 6.06. The first kappa shape index (κ1) is 8.87. The Hall–Kier alpha value is 0.290. The molecule has 0 spiro atoms. The molecule has 0 nitrogen and oxygen atoms in total. The van der Waals surface area contributed by atoms with Crippen LogP contribution in [0.1, 0.15) is 33.6 Å². The molecule has 2 aliphatic rings. The Morgan fingerprint density at radius 1 is 1.33 bits per heavy atom. The number of fused-ring (bicyclic) bond motifs is 2. The van der Waals surface area contributed by atoms with Crippen molar-refractivity contribution in [3.05, 3.63) is 0 Å². The molecule has 1 heteroatoms. The minimum Gasteiger partial charge on any atom is -0.126 e.